The van der Waals surface area contributed by atoms with Gasteiger partial charge < -0.3 is 16.8 Å². The van der Waals surface area contributed by atoms with Gasteiger partial charge in [0.05, 0.1) is 6.42 Å². The monoisotopic (exact) mass is 280 g/mol. The van der Waals surface area contributed by atoms with E-state index in [0.29, 0.717) is 30.2 Å². The molecular formula is C13H18N3O2S. The van der Waals surface area contributed by atoms with E-state index < -0.39 is 5.91 Å². The lowest BCUT2D eigenvalue weighted by Crippen LogP contribution is -2.29. The van der Waals surface area contributed by atoms with Gasteiger partial charge in [0, 0.05) is 30.2 Å². The lowest BCUT2D eigenvalue weighted by Gasteiger charge is -2.06. The lowest BCUT2D eigenvalue weighted by atomic mass is 10.1. The normalized spacial score (nSPS) is 10.2. The van der Waals surface area contributed by atoms with Gasteiger partial charge in [-0.05, 0) is 11.6 Å². The maximum atomic E-state index is 11.3. The van der Waals surface area contributed by atoms with Crippen LogP contribution in [-0.4, -0.2) is 30.7 Å². The third-order valence-electron chi connectivity index (χ3n) is 2.37. The zero-order valence-corrected chi connectivity index (χ0v) is 11.4. The van der Waals surface area contributed by atoms with Crippen LogP contribution in [0.3, 0.4) is 0 Å². The van der Waals surface area contributed by atoms with Gasteiger partial charge in [-0.15, -0.1) is 0 Å². The average molecular weight is 280 g/mol. The van der Waals surface area contributed by atoms with Crippen LogP contribution in [0.5, 0.6) is 0 Å². The molecule has 0 saturated carbocycles. The molecule has 0 atom stereocenters. The molecule has 0 heterocycles. The summed E-state index contributed by atoms with van der Waals surface area (Å²) in [4.78, 5) is 22.5. The van der Waals surface area contributed by atoms with Crippen molar-refractivity contribution in [2.75, 3.05) is 18.8 Å². The molecule has 5 N–H and O–H groups in total. The molecule has 0 aliphatic rings. The molecule has 0 unspecified atom stereocenters. The quantitative estimate of drug-likeness (QED) is 0.596. The molecule has 103 valence electrons. The van der Waals surface area contributed by atoms with E-state index >= 15 is 0 Å². The summed E-state index contributed by atoms with van der Waals surface area (Å²) >= 11 is 1.54. The summed E-state index contributed by atoms with van der Waals surface area (Å²) in [5.74, 6) is 0.658. The Morgan fingerprint density at radius 3 is 2.74 bits per heavy atom. The van der Waals surface area contributed by atoms with Crippen LogP contribution in [0, 0.1) is 6.42 Å². The van der Waals surface area contributed by atoms with E-state index in [0.717, 1.165) is 5.56 Å². The van der Waals surface area contributed by atoms with Gasteiger partial charge in [0.25, 0.3) is 0 Å². The van der Waals surface area contributed by atoms with E-state index in [1.807, 2.05) is 12.1 Å². The first-order valence-electron chi connectivity index (χ1n) is 5.91. The van der Waals surface area contributed by atoms with Crippen LogP contribution in [0.1, 0.15) is 15.9 Å². The van der Waals surface area contributed by atoms with E-state index in [4.69, 9.17) is 11.5 Å². The van der Waals surface area contributed by atoms with Crippen molar-refractivity contribution in [3.05, 3.63) is 41.8 Å². The van der Waals surface area contributed by atoms with Gasteiger partial charge in [-0.2, -0.15) is 11.8 Å². The molecule has 0 fully saturated rings. The zero-order chi connectivity index (χ0) is 14.1. The van der Waals surface area contributed by atoms with Crippen LogP contribution in [-0.2, 0) is 10.5 Å². The Labute approximate surface area is 117 Å². The third kappa shape index (κ3) is 5.76. The van der Waals surface area contributed by atoms with Crippen LogP contribution < -0.4 is 16.8 Å². The molecule has 1 rings (SSSR count). The highest BCUT2D eigenvalue weighted by Crippen LogP contribution is 2.16. The number of nitrogens with two attached hydrogens (primary N) is 2. The predicted molar refractivity (Wildman–Crippen MR) is 77.5 cm³/mol. The van der Waals surface area contributed by atoms with Gasteiger partial charge in [-0.1, -0.05) is 18.2 Å². The number of nitrogens with one attached hydrogen (secondary N) is 1. The Bertz CT molecular complexity index is 438. The largest absolute Gasteiger partial charge is 0.366 e. The predicted octanol–water partition coefficient (Wildman–Crippen LogP) is 0.298. The molecule has 2 amide bonds. The van der Waals surface area contributed by atoms with E-state index in [1.54, 1.807) is 30.3 Å². The smallest absolute Gasteiger partial charge is 0.249 e. The summed E-state index contributed by atoms with van der Waals surface area (Å²) in [6.45, 7) is 0.906. The molecule has 0 spiro atoms. The number of benzene rings is 1. The van der Waals surface area contributed by atoms with Crippen molar-refractivity contribution < 1.29 is 9.59 Å². The number of amides is 2. The molecule has 0 saturated heterocycles. The van der Waals surface area contributed by atoms with E-state index in [1.165, 1.54) is 0 Å². The summed E-state index contributed by atoms with van der Waals surface area (Å²) in [6, 6.07) is 7.21. The van der Waals surface area contributed by atoms with Crippen LogP contribution >= 0.6 is 11.8 Å². The Hall–Kier alpha value is -1.53. The van der Waals surface area contributed by atoms with Crippen molar-refractivity contribution in [1.82, 2.24) is 5.32 Å². The number of rotatable bonds is 8. The zero-order valence-electron chi connectivity index (χ0n) is 10.6. The third-order valence-corrected chi connectivity index (χ3v) is 3.29. The SMILES string of the molecule is NCCNC(=O)[CH]CSCc1ccccc1C(N)=O. The Morgan fingerprint density at radius 2 is 2.05 bits per heavy atom. The summed E-state index contributed by atoms with van der Waals surface area (Å²) in [5, 5.41) is 2.65. The fourth-order valence-electron chi connectivity index (χ4n) is 1.46. The first-order valence-corrected chi connectivity index (χ1v) is 7.07. The molecule has 0 aliphatic carbocycles. The van der Waals surface area contributed by atoms with E-state index in [9.17, 15) is 9.59 Å². The minimum atomic E-state index is -0.430. The first kappa shape index (κ1) is 15.5. The van der Waals surface area contributed by atoms with Gasteiger partial charge in [0.15, 0.2) is 0 Å². The van der Waals surface area contributed by atoms with Gasteiger partial charge in [0.2, 0.25) is 11.8 Å². The number of hydrogen-bond donors (Lipinski definition) is 3. The van der Waals surface area contributed by atoms with Gasteiger partial charge in [-0.25, -0.2) is 0 Å². The van der Waals surface area contributed by atoms with Crippen LogP contribution in [0.15, 0.2) is 24.3 Å². The second-order valence-electron chi connectivity index (χ2n) is 3.82. The van der Waals surface area contributed by atoms with Gasteiger partial charge >= 0.3 is 0 Å². The summed E-state index contributed by atoms with van der Waals surface area (Å²) in [6.07, 6.45) is 1.56. The molecule has 5 nitrogen and oxygen atoms in total. The fraction of sp³-hybridized carbons (Fsp3) is 0.308. The van der Waals surface area contributed by atoms with Crippen molar-refractivity contribution in [2.45, 2.75) is 5.75 Å². The standard InChI is InChI=1S/C13H18N3O2S/c14-6-7-16-12(17)5-8-19-9-10-3-1-2-4-11(10)13(15)18/h1-5H,6-9,14H2,(H2,15,18)(H,16,17). The average Bonchev–Trinajstić information content (AvgIpc) is 2.41. The highest BCUT2D eigenvalue weighted by molar-refractivity contribution is 7.98. The molecular weight excluding hydrogens is 262 g/mol. The molecule has 1 radical (unpaired) electrons. The van der Waals surface area contributed by atoms with E-state index in [2.05, 4.69) is 5.32 Å². The Morgan fingerprint density at radius 1 is 1.32 bits per heavy atom. The van der Waals surface area contributed by atoms with Crippen molar-refractivity contribution in [3.63, 3.8) is 0 Å². The summed E-state index contributed by atoms with van der Waals surface area (Å²) in [7, 11) is 0. The van der Waals surface area contributed by atoms with Crippen LogP contribution in [0.2, 0.25) is 0 Å². The van der Waals surface area contributed by atoms with Crippen molar-refractivity contribution in [1.29, 1.82) is 0 Å². The highest BCUT2D eigenvalue weighted by atomic mass is 32.2. The molecule has 0 aromatic heterocycles. The molecule has 0 aliphatic heterocycles. The molecule has 19 heavy (non-hydrogen) atoms. The minimum absolute atomic E-state index is 0.124. The Balaban J connectivity index is 2.33. The second-order valence-corrected chi connectivity index (χ2v) is 4.85. The van der Waals surface area contributed by atoms with Crippen molar-refractivity contribution >= 4 is 23.6 Å². The molecule has 0 bridgehead atoms. The fourth-order valence-corrected chi connectivity index (χ4v) is 2.32. The van der Waals surface area contributed by atoms with Crippen LogP contribution in [0.25, 0.3) is 0 Å². The number of thioether (sulfide) groups is 1. The maximum absolute atomic E-state index is 11.3. The van der Waals surface area contributed by atoms with Crippen molar-refractivity contribution in [2.24, 2.45) is 11.5 Å². The summed E-state index contributed by atoms with van der Waals surface area (Å²) in [5.41, 5.74) is 12.0. The minimum Gasteiger partial charge on any atom is -0.366 e. The Kier molecular flexibility index (Phi) is 6.99. The van der Waals surface area contributed by atoms with Crippen molar-refractivity contribution in [3.8, 4) is 0 Å². The lowest BCUT2D eigenvalue weighted by molar-refractivity contribution is -0.117. The second kappa shape index (κ2) is 8.55. The van der Waals surface area contributed by atoms with Gasteiger partial charge in [0.1, 0.15) is 0 Å². The highest BCUT2D eigenvalue weighted by Gasteiger charge is 2.07. The first-order chi connectivity index (χ1) is 9.15. The number of carbonyl (C=O) groups excluding carboxylic acids is 2. The van der Waals surface area contributed by atoms with Crippen LogP contribution in [0.4, 0.5) is 0 Å². The maximum Gasteiger partial charge on any atom is 0.249 e. The molecule has 6 heteroatoms. The topological polar surface area (TPSA) is 98.2 Å². The number of hydrogen-bond acceptors (Lipinski definition) is 4. The molecule has 1 aromatic carbocycles. The van der Waals surface area contributed by atoms with E-state index in [-0.39, 0.29) is 5.91 Å². The molecule has 1 aromatic rings. The number of primary amides is 1. The van der Waals surface area contributed by atoms with Gasteiger partial charge in [-0.3, -0.25) is 9.59 Å². The summed E-state index contributed by atoms with van der Waals surface area (Å²) < 4.78 is 0. The number of carbonyl (C=O) groups is 2.